The van der Waals surface area contributed by atoms with E-state index in [1.54, 1.807) is 0 Å². The molecule has 1 fully saturated rings. The second-order valence-corrected chi connectivity index (χ2v) is 13.4. The molecule has 1 aliphatic heterocycles. The zero-order valence-corrected chi connectivity index (χ0v) is 31.1. The topological polar surface area (TPSA) is 108 Å². The second-order valence-electron chi connectivity index (χ2n) is 13.4. The lowest BCUT2D eigenvalue weighted by molar-refractivity contribution is -0.221. The number of piperidine rings is 1. The molecule has 1 rings (SSSR count). The Morgan fingerprint density at radius 2 is 0.936 bits per heavy atom. The Morgan fingerprint density at radius 3 is 1.36 bits per heavy atom. The quantitative estimate of drug-likeness (QED) is 0.0509. The molecule has 0 aromatic heterocycles. The number of ether oxygens (including phenoxy) is 4. The highest BCUT2D eigenvalue weighted by molar-refractivity contribution is 5.72. The lowest BCUT2D eigenvalue weighted by Gasteiger charge is -2.55. The van der Waals surface area contributed by atoms with Crippen LogP contribution >= 0.6 is 0 Å². The number of hydrogen-bond donors (Lipinski definition) is 0. The summed E-state index contributed by atoms with van der Waals surface area (Å²) in [6, 6.07) is -0.568. The Kier molecular flexibility index (Phi) is 22.7. The third-order valence-electron chi connectivity index (χ3n) is 9.24. The average molecular weight is 668 g/mol. The molecule has 9 heteroatoms. The minimum atomic E-state index is -1.01. The summed E-state index contributed by atoms with van der Waals surface area (Å²) >= 11 is 0. The number of carbonyl (C=O) groups excluding carboxylic acids is 4. The Bertz CT molecular complexity index is 866. The van der Waals surface area contributed by atoms with Crippen LogP contribution in [0.2, 0.25) is 0 Å². The van der Waals surface area contributed by atoms with Gasteiger partial charge in [0, 0.05) is 37.8 Å². The number of hydrogen-bond acceptors (Lipinski definition) is 9. The van der Waals surface area contributed by atoms with Crippen LogP contribution in [0.4, 0.5) is 0 Å². The summed E-state index contributed by atoms with van der Waals surface area (Å²) in [5, 5.41) is 0. The van der Waals surface area contributed by atoms with Crippen LogP contribution in [-0.2, 0) is 38.1 Å². The molecule has 1 saturated heterocycles. The van der Waals surface area contributed by atoms with Gasteiger partial charge in [0.1, 0.15) is 6.61 Å². The summed E-state index contributed by atoms with van der Waals surface area (Å²) in [4.78, 5) is 54.7. The SMILES string of the molecule is CCCCCC(CCCCC)(CCCCC)N1C[C@H](OC(=O)CCC)[C@@H](OC(=O)CCC)[C@H](OC(=O)CCC)[C@H]1COC(=O)CCC. The second kappa shape index (κ2) is 24.9. The predicted octanol–water partition coefficient (Wildman–Crippen LogP) is 8.63. The van der Waals surface area contributed by atoms with E-state index in [9.17, 15) is 19.2 Å². The molecule has 0 aromatic carbocycles. The standard InChI is InChI=1S/C38H69NO8/c1-8-15-18-25-38(26-19-16-9-2,27-20-17-10-3)39-28-31(45-33(41)22-12-5)37(47-35(43)24-14-7)36(46-34(42)23-13-6)30(39)29-44-32(40)21-11-4/h30-31,36-37H,8-29H2,1-7H3/t30-,31+,36-,37-/m1/s1. The van der Waals surface area contributed by atoms with Gasteiger partial charge in [-0.25, -0.2) is 0 Å². The van der Waals surface area contributed by atoms with Crippen LogP contribution in [0.3, 0.4) is 0 Å². The molecule has 0 radical (unpaired) electrons. The van der Waals surface area contributed by atoms with E-state index in [1.165, 1.54) is 0 Å². The summed E-state index contributed by atoms with van der Waals surface area (Å²) < 4.78 is 24.4. The van der Waals surface area contributed by atoms with Crippen molar-refractivity contribution >= 4 is 23.9 Å². The van der Waals surface area contributed by atoms with Crippen LogP contribution < -0.4 is 0 Å². The van der Waals surface area contributed by atoms with E-state index in [-0.39, 0.29) is 49.8 Å². The highest BCUT2D eigenvalue weighted by Gasteiger charge is 2.55. The van der Waals surface area contributed by atoms with Crippen molar-refractivity contribution in [3.63, 3.8) is 0 Å². The molecule has 0 amide bonds. The molecular weight excluding hydrogens is 598 g/mol. The number of likely N-dealkylation sites (tertiary alicyclic amines) is 1. The van der Waals surface area contributed by atoms with Gasteiger partial charge in [0.15, 0.2) is 18.3 Å². The summed E-state index contributed by atoms with van der Waals surface area (Å²) in [5.41, 5.74) is -0.301. The monoisotopic (exact) mass is 668 g/mol. The molecule has 0 saturated carbocycles. The van der Waals surface area contributed by atoms with Crippen molar-refractivity contribution in [2.45, 2.75) is 207 Å². The molecule has 1 aliphatic rings. The van der Waals surface area contributed by atoms with Crippen molar-refractivity contribution in [2.75, 3.05) is 13.2 Å². The van der Waals surface area contributed by atoms with Gasteiger partial charge in [0.2, 0.25) is 0 Å². The van der Waals surface area contributed by atoms with Gasteiger partial charge in [-0.2, -0.15) is 0 Å². The molecule has 0 N–H and O–H groups in total. The van der Waals surface area contributed by atoms with Crippen LogP contribution in [0.15, 0.2) is 0 Å². The number of nitrogens with zero attached hydrogens (tertiary/aromatic N) is 1. The third-order valence-corrected chi connectivity index (χ3v) is 9.24. The minimum absolute atomic E-state index is 0.00254. The van der Waals surface area contributed by atoms with Crippen molar-refractivity contribution in [1.82, 2.24) is 4.90 Å². The van der Waals surface area contributed by atoms with Crippen LogP contribution in [0, 0.1) is 0 Å². The van der Waals surface area contributed by atoms with Crippen LogP contribution in [0.5, 0.6) is 0 Å². The largest absolute Gasteiger partial charge is 0.464 e. The molecule has 0 aromatic rings. The van der Waals surface area contributed by atoms with E-state index in [4.69, 9.17) is 18.9 Å². The van der Waals surface area contributed by atoms with Crippen LogP contribution in [0.25, 0.3) is 0 Å². The van der Waals surface area contributed by atoms with Gasteiger partial charge in [-0.05, 0) is 44.9 Å². The number of carbonyl (C=O) groups is 4. The maximum Gasteiger partial charge on any atom is 0.306 e. The van der Waals surface area contributed by atoms with Crippen molar-refractivity contribution in [3.05, 3.63) is 0 Å². The smallest absolute Gasteiger partial charge is 0.306 e. The summed E-state index contributed by atoms with van der Waals surface area (Å²) in [6.45, 7) is 14.6. The average Bonchev–Trinajstić information content (AvgIpc) is 3.02. The minimum Gasteiger partial charge on any atom is -0.464 e. The fraction of sp³-hybridized carbons (Fsp3) is 0.895. The Labute approximate surface area is 286 Å². The number of unbranched alkanes of at least 4 members (excludes halogenated alkanes) is 6. The summed E-state index contributed by atoms with van der Waals surface area (Å²) in [7, 11) is 0. The van der Waals surface area contributed by atoms with Gasteiger partial charge < -0.3 is 18.9 Å². The van der Waals surface area contributed by atoms with Crippen molar-refractivity contribution in [1.29, 1.82) is 0 Å². The molecule has 274 valence electrons. The van der Waals surface area contributed by atoms with E-state index >= 15 is 0 Å². The van der Waals surface area contributed by atoms with E-state index in [1.807, 2.05) is 27.7 Å². The highest BCUT2D eigenvalue weighted by atomic mass is 16.6. The molecular formula is C38H69NO8. The van der Waals surface area contributed by atoms with Gasteiger partial charge in [-0.1, -0.05) is 106 Å². The lowest BCUT2D eigenvalue weighted by atomic mass is 9.76. The lowest BCUT2D eigenvalue weighted by Crippen LogP contribution is -2.70. The first-order valence-corrected chi connectivity index (χ1v) is 19.2. The number of rotatable bonds is 26. The molecule has 0 unspecified atom stereocenters. The van der Waals surface area contributed by atoms with Gasteiger partial charge in [0.25, 0.3) is 0 Å². The summed E-state index contributed by atoms with van der Waals surface area (Å²) in [6.07, 6.45) is 13.0. The van der Waals surface area contributed by atoms with E-state index in [2.05, 4.69) is 25.7 Å². The molecule has 0 aliphatic carbocycles. The van der Waals surface area contributed by atoms with Gasteiger partial charge in [-0.3, -0.25) is 24.1 Å². The molecule has 9 nitrogen and oxygen atoms in total. The third kappa shape index (κ3) is 15.3. The summed E-state index contributed by atoms with van der Waals surface area (Å²) in [5.74, 6) is -1.52. The van der Waals surface area contributed by atoms with Gasteiger partial charge in [0.05, 0.1) is 6.04 Å². The Balaban J connectivity index is 3.95. The molecule has 1 heterocycles. The maximum atomic E-state index is 13.3. The predicted molar refractivity (Wildman–Crippen MR) is 186 cm³/mol. The van der Waals surface area contributed by atoms with E-state index < -0.39 is 36.3 Å². The van der Waals surface area contributed by atoms with Crippen LogP contribution in [-0.4, -0.2) is 71.8 Å². The zero-order chi connectivity index (χ0) is 35.1. The Hall–Kier alpha value is -2.16. The first kappa shape index (κ1) is 42.9. The highest BCUT2D eigenvalue weighted by Crippen LogP contribution is 2.41. The first-order chi connectivity index (χ1) is 22.7. The molecule has 0 spiro atoms. The maximum absolute atomic E-state index is 13.3. The molecule has 4 atom stereocenters. The van der Waals surface area contributed by atoms with Crippen molar-refractivity contribution in [3.8, 4) is 0 Å². The Morgan fingerprint density at radius 1 is 0.532 bits per heavy atom. The molecule has 47 heavy (non-hydrogen) atoms. The van der Waals surface area contributed by atoms with E-state index in [0.717, 1.165) is 77.0 Å². The number of esters is 4. The molecule has 0 bridgehead atoms. The zero-order valence-electron chi connectivity index (χ0n) is 31.1. The van der Waals surface area contributed by atoms with Crippen molar-refractivity contribution in [2.24, 2.45) is 0 Å². The van der Waals surface area contributed by atoms with Crippen LogP contribution in [0.1, 0.15) is 177 Å². The first-order valence-electron chi connectivity index (χ1n) is 19.2. The van der Waals surface area contributed by atoms with Gasteiger partial charge in [-0.15, -0.1) is 0 Å². The fourth-order valence-corrected chi connectivity index (χ4v) is 6.80. The van der Waals surface area contributed by atoms with Crippen molar-refractivity contribution < 1.29 is 38.1 Å². The van der Waals surface area contributed by atoms with E-state index in [0.29, 0.717) is 32.2 Å². The normalized spacial score (nSPS) is 20.1. The fourth-order valence-electron chi connectivity index (χ4n) is 6.80. The van der Waals surface area contributed by atoms with Gasteiger partial charge >= 0.3 is 23.9 Å².